The predicted molar refractivity (Wildman–Crippen MR) is 157 cm³/mol. The van der Waals surface area contributed by atoms with E-state index in [1.807, 2.05) is 24.3 Å². The van der Waals surface area contributed by atoms with Crippen molar-refractivity contribution < 1.29 is 9.90 Å². The lowest BCUT2D eigenvalue weighted by Crippen LogP contribution is -2.24. The van der Waals surface area contributed by atoms with E-state index in [-0.39, 0.29) is 11.7 Å². The number of carbonyl (C=O) groups excluding carboxylic acids is 1. The normalized spacial score (nSPS) is 12.9. The van der Waals surface area contributed by atoms with Gasteiger partial charge in [0.05, 0.1) is 22.1 Å². The monoisotopic (exact) mass is 539 g/mol. The molecule has 7 nitrogen and oxygen atoms in total. The Hall–Kier alpha value is -4.10. The number of hydrogen-bond acceptors (Lipinski definition) is 5. The number of fused-ring (bicyclic) bond motifs is 3. The molecule has 0 saturated heterocycles. The quantitative estimate of drug-likeness (QED) is 0.166. The standard InChI is InChI=1S/C31H30ClN5O2/c32-20-12-13-22-26(18-20)35-24-9-3-1-7-21(24)29(22)33-15-5-6-16-34-31(39)19-11-14-25-27(17-19)37-30(36-25)23-8-2-4-10-28(23)38/h2,4,8,10-14,17-18,38H,1,3,5-7,9,15-16H2,(H,33,35)(H,34,39)(H,36,37). The molecule has 0 radical (unpaired) electrons. The van der Waals surface area contributed by atoms with E-state index < -0.39 is 0 Å². The van der Waals surface area contributed by atoms with Crippen LogP contribution in [0.5, 0.6) is 5.75 Å². The van der Waals surface area contributed by atoms with E-state index in [0.29, 0.717) is 28.5 Å². The summed E-state index contributed by atoms with van der Waals surface area (Å²) in [6.07, 6.45) is 6.22. The van der Waals surface area contributed by atoms with Crippen molar-refractivity contribution in [1.29, 1.82) is 0 Å². The molecule has 1 amide bonds. The lowest BCUT2D eigenvalue weighted by Gasteiger charge is -2.22. The van der Waals surface area contributed by atoms with Crippen molar-refractivity contribution in [3.63, 3.8) is 0 Å². The molecule has 1 aliphatic carbocycles. The second-order valence-corrected chi connectivity index (χ2v) is 10.4. The number of phenols is 1. The van der Waals surface area contributed by atoms with Gasteiger partial charge < -0.3 is 20.7 Å². The molecular formula is C31H30ClN5O2. The van der Waals surface area contributed by atoms with Gasteiger partial charge in [-0.15, -0.1) is 0 Å². The molecule has 0 spiro atoms. The number of aromatic nitrogens is 3. The van der Waals surface area contributed by atoms with Crippen molar-refractivity contribution in [1.82, 2.24) is 20.3 Å². The van der Waals surface area contributed by atoms with Gasteiger partial charge >= 0.3 is 0 Å². The summed E-state index contributed by atoms with van der Waals surface area (Å²) < 4.78 is 0. The fourth-order valence-corrected chi connectivity index (χ4v) is 5.49. The lowest BCUT2D eigenvalue weighted by molar-refractivity contribution is 0.0953. The zero-order valence-corrected chi connectivity index (χ0v) is 22.3. The first-order valence-corrected chi connectivity index (χ1v) is 13.9. The Balaban J connectivity index is 1.05. The highest BCUT2D eigenvalue weighted by Crippen LogP contribution is 2.34. The number of pyridine rings is 1. The molecule has 3 aromatic carbocycles. The molecule has 39 heavy (non-hydrogen) atoms. The lowest BCUT2D eigenvalue weighted by atomic mass is 9.92. The van der Waals surface area contributed by atoms with Crippen LogP contribution < -0.4 is 10.6 Å². The number of hydrogen-bond donors (Lipinski definition) is 4. The van der Waals surface area contributed by atoms with Crippen molar-refractivity contribution in [2.24, 2.45) is 0 Å². The summed E-state index contributed by atoms with van der Waals surface area (Å²) in [6, 6.07) is 18.4. The van der Waals surface area contributed by atoms with Crippen LogP contribution in [-0.4, -0.2) is 39.1 Å². The predicted octanol–water partition coefficient (Wildman–Crippen LogP) is 6.64. The Morgan fingerprint density at radius 3 is 2.69 bits per heavy atom. The molecular weight excluding hydrogens is 510 g/mol. The van der Waals surface area contributed by atoms with Crippen molar-refractivity contribution in [2.75, 3.05) is 18.4 Å². The van der Waals surface area contributed by atoms with Gasteiger partial charge in [0.1, 0.15) is 11.6 Å². The maximum Gasteiger partial charge on any atom is 0.251 e. The summed E-state index contributed by atoms with van der Waals surface area (Å²) in [5, 5.41) is 18.7. The Kier molecular flexibility index (Phi) is 7.07. The third kappa shape index (κ3) is 5.27. The highest BCUT2D eigenvalue weighted by Gasteiger charge is 2.18. The van der Waals surface area contributed by atoms with Gasteiger partial charge in [0, 0.05) is 40.4 Å². The molecule has 1 aliphatic rings. The van der Waals surface area contributed by atoms with Crippen LogP contribution in [0.3, 0.4) is 0 Å². The minimum atomic E-state index is -0.116. The highest BCUT2D eigenvalue weighted by molar-refractivity contribution is 6.31. The number of aromatic amines is 1. The third-order valence-corrected chi connectivity index (χ3v) is 7.55. The molecule has 8 heteroatoms. The van der Waals surface area contributed by atoms with E-state index in [4.69, 9.17) is 16.6 Å². The van der Waals surface area contributed by atoms with Crippen LogP contribution in [0.1, 0.15) is 47.3 Å². The Bertz CT molecular complexity index is 1680. The van der Waals surface area contributed by atoms with Gasteiger partial charge in [0.15, 0.2) is 0 Å². The third-order valence-electron chi connectivity index (χ3n) is 7.32. The molecule has 0 aliphatic heterocycles. The van der Waals surface area contributed by atoms with Gasteiger partial charge in [-0.25, -0.2) is 4.98 Å². The van der Waals surface area contributed by atoms with Crippen molar-refractivity contribution in [2.45, 2.75) is 38.5 Å². The summed E-state index contributed by atoms with van der Waals surface area (Å²) in [5.74, 6) is 0.611. The first kappa shape index (κ1) is 25.2. The van der Waals surface area contributed by atoms with Gasteiger partial charge in [-0.2, -0.15) is 0 Å². The number of carbonyl (C=O) groups is 1. The SMILES string of the molecule is O=C(NCCCCNc1c2c(nc3cc(Cl)ccc13)CCCC2)c1ccc2nc(-c3ccccc3O)[nH]c2c1. The van der Waals surface area contributed by atoms with Gasteiger partial charge in [-0.05, 0) is 92.6 Å². The number of anilines is 1. The minimum absolute atomic E-state index is 0.116. The topological polar surface area (TPSA) is 103 Å². The summed E-state index contributed by atoms with van der Waals surface area (Å²) in [6.45, 7) is 1.41. The van der Waals surface area contributed by atoms with Crippen LogP contribution >= 0.6 is 11.6 Å². The van der Waals surface area contributed by atoms with Crippen LogP contribution in [0, 0.1) is 0 Å². The number of halogens is 1. The molecule has 0 unspecified atom stereocenters. The van der Waals surface area contributed by atoms with Crippen molar-refractivity contribution >= 4 is 45.1 Å². The summed E-state index contributed by atoms with van der Waals surface area (Å²) in [4.78, 5) is 25.4. The molecule has 2 aromatic heterocycles. The van der Waals surface area contributed by atoms with Crippen LogP contribution in [0.2, 0.25) is 5.02 Å². The number of unbranched alkanes of at least 4 members (excludes halogenated alkanes) is 1. The highest BCUT2D eigenvalue weighted by atomic mass is 35.5. The summed E-state index contributed by atoms with van der Waals surface area (Å²) >= 11 is 6.24. The van der Waals surface area contributed by atoms with E-state index in [1.54, 1.807) is 30.3 Å². The first-order valence-electron chi connectivity index (χ1n) is 13.5. The number of aromatic hydroxyl groups is 1. The maximum atomic E-state index is 12.8. The minimum Gasteiger partial charge on any atom is -0.507 e. The molecule has 0 fully saturated rings. The number of aryl methyl sites for hydroxylation is 1. The van der Waals surface area contributed by atoms with Crippen LogP contribution in [0.15, 0.2) is 60.7 Å². The fraction of sp³-hybridized carbons (Fsp3) is 0.258. The van der Waals surface area contributed by atoms with Gasteiger partial charge in [-0.1, -0.05) is 23.7 Å². The number of imidazole rings is 1. The zero-order valence-electron chi connectivity index (χ0n) is 21.6. The van der Waals surface area contributed by atoms with Gasteiger partial charge in [-0.3, -0.25) is 9.78 Å². The Labute approximate surface area is 231 Å². The van der Waals surface area contributed by atoms with Gasteiger partial charge in [0.25, 0.3) is 5.91 Å². The second-order valence-electron chi connectivity index (χ2n) is 10.0. The van der Waals surface area contributed by atoms with E-state index in [0.717, 1.165) is 54.2 Å². The van der Waals surface area contributed by atoms with E-state index in [1.165, 1.54) is 29.8 Å². The van der Waals surface area contributed by atoms with Crippen molar-refractivity contribution in [3.05, 3.63) is 82.5 Å². The summed E-state index contributed by atoms with van der Waals surface area (Å²) in [5.41, 5.74) is 7.34. The summed E-state index contributed by atoms with van der Waals surface area (Å²) in [7, 11) is 0. The number of H-pyrrole nitrogens is 1. The number of nitrogens with one attached hydrogen (secondary N) is 3. The Morgan fingerprint density at radius 1 is 0.949 bits per heavy atom. The van der Waals surface area contributed by atoms with Gasteiger partial charge in [0.2, 0.25) is 0 Å². The Morgan fingerprint density at radius 2 is 1.79 bits per heavy atom. The molecule has 0 saturated carbocycles. The molecule has 198 valence electrons. The number of amides is 1. The average Bonchev–Trinajstić information content (AvgIpc) is 3.37. The van der Waals surface area contributed by atoms with Crippen LogP contribution in [-0.2, 0) is 12.8 Å². The number of phenolic OH excluding ortho intramolecular Hbond substituents is 1. The largest absolute Gasteiger partial charge is 0.507 e. The fourth-order valence-electron chi connectivity index (χ4n) is 5.32. The molecule has 5 aromatic rings. The average molecular weight is 540 g/mol. The molecule has 6 rings (SSSR count). The smallest absolute Gasteiger partial charge is 0.251 e. The molecule has 0 atom stereocenters. The van der Waals surface area contributed by atoms with Crippen molar-refractivity contribution in [3.8, 4) is 17.1 Å². The first-order chi connectivity index (χ1) is 19.1. The zero-order chi connectivity index (χ0) is 26.8. The number of para-hydroxylation sites is 1. The number of rotatable bonds is 8. The van der Waals surface area contributed by atoms with E-state index >= 15 is 0 Å². The number of benzene rings is 3. The second kappa shape index (κ2) is 10.9. The van der Waals surface area contributed by atoms with E-state index in [2.05, 4.69) is 26.7 Å². The molecule has 0 bridgehead atoms. The molecule has 2 heterocycles. The molecule has 4 N–H and O–H groups in total. The van der Waals surface area contributed by atoms with Crippen LogP contribution in [0.25, 0.3) is 33.3 Å². The maximum absolute atomic E-state index is 12.8. The van der Waals surface area contributed by atoms with Crippen LogP contribution in [0.4, 0.5) is 5.69 Å². The number of nitrogens with zero attached hydrogens (tertiary/aromatic N) is 2. The van der Waals surface area contributed by atoms with E-state index in [9.17, 15) is 9.90 Å².